The number of nitrogens with one attached hydrogen (secondary N) is 2. The van der Waals surface area contributed by atoms with Crippen LogP contribution in [0.5, 0.6) is 0 Å². The summed E-state index contributed by atoms with van der Waals surface area (Å²) in [5.74, 6) is 0.813. The lowest BCUT2D eigenvalue weighted by atomic mass is 9.93. The van der Waals surface area contributed by atoms with Crippen LogP contribution in [-0.2, 0) is 4.74 Å². The van der Waals surface area contributed by atoms with Gasteiger partial charge in [0.2, 0.25) is 0 Å². The van der Waals surface area contributed by atoms with Gasteiger partial charge < -0.3 is 15.4 Å². The number of rotatable bonds is 4. The maximum Gasteiger partial charge on any atom is 0.0699 e. The van der Waals surface area contributed by atoms with Gasteiger partial charge >= 0.3 is 0 Å². The van der Waals surface area contributed by atoms with E-state index < -0.39 is 0 Å². The van der Waals surface area contributed by atoms with Crippen molar-refractivity contribution in [2.75, 3.05) is 26.2 Å². The number of piperidine rings is 1. The summed E-state index contributed by atoms with van der Waals surface area (Å²) in [5, 5.41) is 7.17. The minimum atomic E-state index is 0.465. The lowest BCUT2D eigenvalue weighted by Crippen LogP contribution is -2.48. The summed E-state index contributed by atoms with van der Waals surface area (Å²) < 4.78 is 5.71. The molecule has 3 nitrogen and oxygen atoms in total. The van der Waals surface area contributed by atoms with Gasteiger partial charge in [-0.15, -0.1) is 0 Å². The summed E-state index contributed by atoms with van der Waals surface area (Å²) in [5.41, 5.74) is 0. The van der Waals surface area contributed by atoms with Crippen molar-refractivity contribution in [3.8, 4) is 0 Å². The van der Waals surface area contributed by atoms with Crippen molar-refractivity contribution in [3.63, 3.8) is 0 Å². The predicted molar refractivity (Wildman–Crippen MR) is 66.6 cm³/mol. The van der Waals surface area contributed by atoms with Gasteiger partial charge in [-0.1, -0.05) is 6.92 Å². The first-order valence-corrected chi connectivity index (χ1v) is 6.92. The molecule has 2 N–H and O–H groups in total. The van der Waals surface area contributed by atoms with Gasteiger partial charge in [0.15, 0.2) is 0 Å². The molecule has 3 atom stereocenters. The third-order valence-corrected chi connectivity index (χ3v) is 3.94. The third-order valence-electron chi connectivity index (χ3n) is 3.94. The maximum atomic E-state index is 5.71. The van der Waals surface area contributed by atoms with Gasteiger partial charge in [-0.3, -0.25) is 0 Å². The highest BCUT2D eigenvalue weighted by Gasteiger charge is 2.20. The molecule has 3 heteroatoms. The van der Waals surface area contributed by atoms with E-state index in [9.17, 15) is 0 Å². The van der Waals surface area contributed by atoms with Gasteiger partial charge in [0.1, 0.15) is 0 Å². The molecule has 2 fully saturated rings. The Kier molecular flexibility index (Phi) is 5.07. The largest absolute Gasteiger partial charge is 0.377 e. The molecule has 0 aromatic rings. The molecule has 94 valence electrons. The molecule has 2 aliphatic rings. The van der Waals surface area contributed by atoms with Crippen molar-refractivity contribution in [3.05, 3.63) is 0 Å². The molecule has 0 radical (unpaired) electrons. The number of hydrogen-bond acceptors (Lipinski definition) is 3. The van der Waals surface area contributed by atoms with Crippen LogP contribution in [-0.4, -0.2) is 38.4 Å². The average Bonchev–Trinajstić information content (AvgIpc) is 2.33. The zero-order chi connectivity index (χ0) is 11.2. The molecule has 0 aromatic carbocycles. The fraction of sp³-hybridized carbons (Fsp3) is 1.00. The molecular weight excluding hydrogens is 200 g/mol. The summed E-state index contributed by atoms with van der Waals surface area (Å²) in [6.45, 7) is 6.64. The van der Waals surface area contributed by atoms with Crippen molar-refractivity contribution < 1.29 is 4.74 Å². The fourth-order valence-electron chi connectivity index (χ4n) is 2.76. The minimum absolute atomic E-state index is 0.465. The zero-order valence-electron chi connectivity index (χ0n) is 10.5. The van der Waals surface area contributed by atoms with Crippen LogP contribution < -0.4 is 10.6 Å². The first kappa shape index (κ1) is 12.3. The summed E-state index contributed by atoms with van der Waals surface area (Å²) in [6.07, 6.45) is 7.00. The van der Waals surface area contributed by atoms with Crippen LogP contribution in [0.15, 0.2) is 0 Å². The Morgan fingerprint density at radius 1 is 1.19 bits per heavy atom. The first-order chi connectivity index (χ1) is 7.86. The van der Waals surface area contributed by atoms with Crippen molar-refractivity contribution in [2.45, 2.75) is 51.2 Å². The van der Waals surface area contributed by atoms with E-state index in [0.29, 0.717) is 12.1 Å². The summed E-state index contributed by atoms with van der Waals surface area (Å²) >= 11 is 0. The molecule has 2 aliphatic heterocycles. The highest BCUT2D eigenvalue weighted by atomic mass is 16.5. The Morgan fingerprint density at radius 3 is 2.88 bits per heavy atom. The molecule has 0 bridgehead atoms. The van der Waals surface area contributed by atoms with Crippen LogP contribution >= 0.6 is 0 Å². The van der Waals surface area contributed by atoms with E-state index in [1.165, 1.54) is 38.6 Å². The van der Waals surface area contributed by atoms with Gasteiger partial charge in [0.05, 0.1) is 6.10 Å². The first-order valence-electron chi connectivity index (χ1n) is 6.92. The molecule has 3 unspecified atom stereocenters. The van der Waals surface area contributed by atoms with Gasteiger partial charge in [0, 0.05) is 25.7 Å². The van der Waals surface area contributed by atoms with Gasteiger partial charge in [-0.25, -0.2) is 0 Å². The van der Waals surface area contributed by atoms with Crippen LogP contribution in [0, 0.1) is 5.92 Å². The fourth-order valence-corrected chi connectivity index (χ4v) is 2.76. The lowest BCUT2D eigenvalue weighted by molar-refractivity contribution is 0.0164. The molecular formula is C13H26N2O. The number of hydrogen-bond donors (Lipinski definition) is 2. The Labute approximate surface area is 99.3 Å². The average molecular weight is 226 g/mol. The molecule has 2 rings (SSSR count). The van der Waals surface area contributed by atoms with Crippen LogP contribution in [0.25, 0.3) is 0 Å². The highest BCUT2D eigenvalue weighted by Crippen LogP contribution is 2.15. The SMILES string of the molecule is CC1CCCNC1CNCC1CCCCO1. The molecule has 16 heavy (non-hydrogen) atoms. The van der Waals surface area contributed by atoms with Crippen LogP contribution in [0.4, 0.5) is 0 Å². The van der Waals surface area contributed by atoms with Gasteiger partial charge in [-0.05, 0) is 44.6 Å². The van der Waals surface area contributed by atoms with Crippen LogP contribution in [0.3, 0.4) is 0 Å². The van der Waals surface area contributed by atoms with E-state index in [2.05, 4.69) is 17.6 Å². The molecule has 0 spiro atoms. The van der Waals surface area contributed by atoms with Crippen molar-refractivity contribution >= 4 is 0 Å². The van der Waals surface area contributed by atoms with E-state index >= 15 is 0 Å². The second kappa shape index (κ2) is 6.58. The molecule has 0 aromatic heterocycles. The van der Waals surface area contributed by atoms with Crippen molar-refractivity contribution in [1.82, 2.24) is 10.6 Å². The van der Waals surface area contributed by atoms with E-state index in [1.807, 2.05) is 0 Å². The second-order valence-corrected chi connectivity index (χ2v) is 5.33. The molecule has 0 aliphatic carbocycles. The molecule has 2 heterocycles. The predicted octanol–water partition coefficient (Wildman–Crippen LogP) is 1.53. The van der Waals surface area contributed by atoms with Crippen LogP contribution in [0.1, 0.15) is 39.0 Å². The topological polar surface area (TPSA) is 33.3 Å². The third kappa shape index (κ3) is 3.72. The van der Waals surface area contributed by atoms with Gasteiger partial charge in [0.25, 0.3) is 0 Å². The molecule has 0 saturated carbocycles. The molecule has 2 saturated heterocycles. The number of ether oxygens (including phenoxy) is 1. The summed E-state index contributed by atoms with van der Waals surface area (Å²) in [6, 6.07) is 0.664. The van der Waals surface area contributed by atoms with E-state index in [0.717, 1.165) is 25.6 Å². The smallest absolute Gasteiger partial charge is 0.0699 e. The minimum Gasteiger partial charge on any atom is -0.377 e. The lowest BCUT2D eigenvalue weighted by Gasteiger charge is -2.31. The monoisotopic (exact) mass is 226 g/mol. The van der Waals surface area contributed by atoms with Crippen LogP contribution in [0.2, 0.25) is 0 Å². The van der Waals surface area contributed by atoms with E-state index in [4.69, 9.17) is 4.74 Å². The Balaban J connectivity index is 1.59. The van der Waals surface area contributed by atoms with E-state index in [1.54, 1.807) is 0 Å². The standard InChI is InChI=1S/C13H26N2O/c1-11-5-4-7-15-13(11)10-14-9-12-6-2-3-8-16-12/h11-15H,2-10H2,1H3. The maximum absolute atomic E-state index is 5.71. The van der Waals surface area contributed by atoms with E-state index in [-0.39, 0.29) is 0 Å². The Hall–Kier alpha value is -0.120. The van der Waals surface area contributed by atoms with Crippen molar-refractivity contribution in [2.24, 2.45) is 5.92 Å². The normalized spacial score (nSPS) is 36.2. The zero-order valence-corrected chi connectivity index (χ0v) is 10.5. The quantitative estimate of drug-likeness (QED) is 0.763. The summed E-state index contributed by atoms with van der Waals surface area (Å²) in [7, 11) is 0. The Bertz CT molecular complexity index is 192. The van der Waals surface area contributed by atoms with Crippen molar-refractivity contribution in [1.29, 1.82) is 0 Å². The van der Waals surface area contributed by atoms with Gasteiger partial charge in [-0.2, -0.15) is 0 Å². The second-order valence-electron chi connectivity index (χ2n) is 5.33. The molecule has 0 amide bonds. The Morgan fingerprint density at radius 2 is 2.12 bits per heavy atom. The summed E-state index contributed by atoms with van der Waals surface area (Å²) in [4.78, 5) is 0. The highest BCUT2D eigenvalue weighted by molar-refractivity contribution is 4.80.